The quantitative estimate of drug-likeness (QED) is 0.396. The number of carbonyl (C=O) groups excluding carboxylic acids is 1. The number of likely N-dealkylation sites (N-methyl/N-ethyl adjacent to an activating group) is 1. The molecular formula is C25H25NO. The molecule has 2 nitrogen and oxygen atoms in total. The highest BCUT2D eigenvalue weighted by Gasteiger charge is 2.11. The van der Waals surface area contributed by atoms with Gasteiger partial charge >= 0.3 is 0 Å². The van der Waals surface area contributed by atoms with Crippen molar-refractivity contribution in [3.63, 3.8) is 0 Å². The van der Waals surface area contributed by atoms with Gasteiger partial charge in [-0.15, -0.1) is 6.58 Å². The third kappa shape index (κ3) is 4.42. The molecule has 0 amide bonds. The minimum atomic E-state index is 0.0524. The molecule has 0 aliphatic heterocycles. The minimum Gasteiger partial charge on any atom is -0.296 e. The van der Waals surface area contributed by atoms with Crippen molar-refractivity contribution in [2.24, 2.45) is 0 Å². The van der Waals surface area contributed by atoms with Gasteiger partial charge in [-0.25, -0.2) is 0 Å². The predicted molar refractivity (Wildman–Crippen MR) is 113 cm³/mol. The summed E-state index contributed by atoms with van der Waals surface area (Å²) in [6.07, 6.45) is 1.92. The lowest BCUT2D eigenvalue weighted by atomic mass is 9.98. The van der Waals surface area contributed by atoms with Gasteiger partial charge in [-0.1, -0.05) is 84.9 Å². The molecule has 136 valence electrons. The van der Waals surface area contributed by atoms with Crippen molar-refractivity contribution in [1.29, 1.82) is 0 Å². The van der Waals surface area contributed by atoms with E-state index in [-0.39, 0.29) is 5.78 Å². The molecule has 0 fully saturated rings. The van der Waals surface area contributed by atoms with Crippen LogP contribution < -0.4 is 0 Å². The fourth-order valence-electron chi connectivity index (χ4n) is 3.14. The Hall–Kier alpha value is -2.97. The summed E-state index contributed by atoms with van der Waals surface area (Å²) in [7, 11) is 2.10. The molecule has 3 aromatic rings. The molecule has 0 saturated carbocycles. The lowest BCUT2D eigenvalue weighted by molar-refractivity contribution is 0.103. The van der Waals surface area contributed by atoms with Crippen molar-refractivity contribution in [1.82, 2.24) is 4.90 Å². The zero-order chi connectivity index (χ0) is 19.2. The van der Waals surface area contributed by atoms with Crippen LogP contribution in [0.25, 0.3) is 11.1 Å². The molecule has 0 saturated heterocycles. The van der Waals surface area contributed by atoms with Crippen LogP contribution in [0, 0.1) is 0 Å². The van der Waals surface area contributed by atoms with Crippen LogP contribution in [0.4, 0.5) is 0 Å². The van der Waals surface area contributed by atoms with Crippen LogP contribution in [-0.4, -0.2) is 24.3 Å². The van der Waals surface area contributed by atoms with E-state index in [0.29, 0.717) is 17.2 Å². The third-order valence-electron chi connectivity index (χ3n) is 4.99. The number of nitrogens with zero attached hydrogens (tertiary/aromatic N) is 1. The van der Waals surface area contributed by atoms with Gasteiger partial charge in [-0.05, 0) is 30.7 Å². The van der Waals surface area contributed by atoms with Gasteiger partial charge in [-0.2, -0.15) is 0 Å². The van der Waals surface area contributed by atoms with Crippen molar-refractivity contribution in [2.75, 3.05) is 13.6 Å². The summed E-state index contributed by atoms with van der Waals surface area (Å²) in [6, 6.07) is 26.2. The summed E-state index contributed by atoms with van der Waals surface area (Å²) >= 11 is 0. The monoisotopic (exact) mass is 355 g/mol. The first-order chi connectivity index (χ1) is 13.1. The maximum atomic E-state index is 12.5. The Morgan fingerprint density at radius 3 is 1.96 bits per heavy atom. The summed E-state index contributed by atoms with van der Waals surface area (Å²) in [6.45, 7) is 6.86. The van der Waals surface area contributed by atoms with Gasteiger partial charge in [-0.3, -0.25) is 9.69 Å². The Morgan fingerprint density at radius 2 is 1.41 bits per heavy atom. The molecule has 0 N–H and O–H groups in total. The molecule has 1 atom stereocenters. The first-order valence-corrected chi connectivity index (χ1v) is 9.21. The van der Waals surface area contributed by atoms with E-state index in [1.165, 1.54) is 5.56 Å². The number of carbonyl (C=O) groups is 1. The van der Waals surface area contributed by atoms with Crippen LogP contribution in [0.1, 0.15) is 34.5 Å². The second-order valence-electron chi connectivity index (χ2n) is 6.80. The zero-order valence-corrected chi connectivity index (χ0v) is 15.9. The highest BCUT2D eigenvalue weighted by atomic mass is 16.1. The molecule has 1 unspecified atom stereocenters. The Balaban J connectivity index is 1.75. The number of hydrogen-bond acceptors (Lipinski definition) is 2. The fourth-order valence-corrected chi connectivity index (χ4v) is 3.14. The van der Waals surface area contributed by atoms with Gasteiger partial charge in [0.25, 0.3) is 0 Å². The summed E-state index contributed by atoms with van der Waals surface area (Å²) in [4.78, 5) is 14.8. The summed E-state index contributed by atoms with van der Waals surface area (Å²) in [5.41, 5.74) is 4.96. The van der Waals surface area contributed by atoms with Crippen molar-refractivity contribution in [3.8, 4) is 11.1 Å². The van der Waals surface area contributed by atoms with Crippen molar-refractivity contribution < 1.29 is 4.79 Å². The van der Waals surface area contributed by atoms with E-state index < -0.39 is 0 Å². The minimum absolute atomic E-state index is 0.0524. The van der Waals surface area contributed by atoms with Crippen LogP contribution in [0.15, 0.2) is 91.5 Å². The standard InChI is InChI=1S/C25H25NO/c1-4-18-26(3)19(2)20-10-12-21(13-11-20)22-14-16-24(17-15-22)25(27)23-8-6-5-7-9-23/h4-17,19H,1,18H2,2-3H3. The molecule has 0 bridgehead atoms. The molecule has 0 spiro atoms. The van der Waals surface area contributed by atoms with Gasteiger partial charge in [0.2, 0.25) is 0 Å². The molecule has 0 aromatic heterocycles. The van der Waals surface area contributed by atoms with E-state index in [1.54, 1.807) is 0 Å². The van der Waals surface area contributed by atoms with E-state index in [0.717, 1.165) is 17.7 Å². The number of rotatable bonds is 7. The number of hydrogen-bond donors (Lipinski definition) is 0. The van der Waals surface area contributed by atoms with Crippen molar-refractivity contribution in [2.45, 2.75) is 13.0 Å². The molecule has 0 radical (unpaired) electrons. The predicted octanol–water partition coefficient (Wildman–Crippen LogP) is 5.76. The van der Waals surface area contributed by atoms with Crippen LogP contribution >= 0.6 is 0 Å². The Labute approximate surface area is 161 Å². The molecule has 3 rings (SSSR count). The average molecular weight is 355 g/mol. The second kappa shape index (κ2) is 8.61. The highest BCUT2D eigenvalue weighted by molar-refractivity contribution is 6.09. The van der Waals surface area contributed by atoms with Crippen LogP contribution in [-0.2, 0) is 0 Å². The average Bonchev–Trinajstić information content (AvgIpc) is 2.74. The Bertz CT molecular complexity index is 895. The fraction of sp³-hybridized carbons (Fsp3) is 0.160. The van der Waals surface area contributed by atoms with Crippen LogP contribution in [0.3, 0.4) is 0 Å². The van der Waals surface area contributed by atoms with E-state index in [4.69, 9.17) is 0 Å². The van der Waals surface area contributed by atoms with Gasteiger partial charge in [0.05, 0.1) is 0 Å². The van der Waals surface area contributed by atoms with Crippen LogP contribution in [0.2, 0.25) is 0 Å². The Kier molecular flexibility index (Phi) is 6.00. The number of benzene rings is 3. The largest absolute Gasteiger partial charge is 0.296 e. The maximum absolute atomic E-state index is 12.5. The topological polar surface area (TPSA) is 20.3 Å². The number of ketones is 1. The van der Waals surface area contributed by atoms with Gasteiger partial charge < -0.3 is 0 Å². The molecule has 0 aliphatic carbocycles. The maximum Gasteiger partial charge on any atom is 0.193 e. The first-order valence-electron chi connectivity index (χ1n) is 9.21. The van der Waals surface area contributed by atoms with Gasteiger partial charge in [0.15, 0.2) is 5.78 Å². The summed E-state index contributed by atoms with van der Waals surface area (Å²) < 4.78 is 0. The highest BCUT2D eigenvalue weighted by Crippen LogP contribution is 2.25. The zero-order valence-electron chi connectivity index (χ0n) is 15.9. The van der Waals surface area contributed by atoms with Gasteiger partial charge in [0.1, 0.15) is 0 Å². The normalized spacial score (nSPS) is 12.0. The molecule has 2 heteroatoms. The molecule has 0 heterocycles. The van der Waals surface area contributed by atoms with Crippen molar-refractivity contribution >= 4 is 5.78 Å². The van der Waals surface area contributed by atoms with E-state index in [2.05, 4.69) is 49.7 Å². The third-order valence-corrected chi connectivity index (χ3v) is 4.99. The van der Waals surface area contributed by atoms with E-state index in [1.807, 2.05) is 60.7 Å². The molecular weight excluding hydrogens is 330 g/mol. The van der Waals surface area contributed by atoms with E-state index >= 15 is 0 Å². The molecule has 0 aliphatic rings. The second-order valence-corrected chi connectivity index (χ2v) is 6.80. The summed E-state index contributed by atoms with van der Waals surface area (Å²) in [5, 5.41) is 0. The Morgan fingerprint density at radius 1 is 0.889 bits per heavy atom. The SMILES string of the molecule is C=CCN(C)C(C)c1ccc(-c2ccc(C(=O)c3ccccc3)cc2)cc1. The van der Waals surface area contributed by atoms with E-state index in [9.17, 15) is 4.79 Å². The summed E-state index contributed by atoms with van der Waals surface area (Å²) in [5.74, 6) is 0.0524. The smallest absolute Gasteiger partial charge is 0.193 e. The molecule has 3 aromatic carbocycles. The van der Waals surface area contributed by atoms with Crippen LogP contribution in [0.5, 0.6) is 0 Å². The first kappa shape index (κ1) is 18.8. The molecule has 27 heavy (non-hydrogen) atoms. The lowest BCUT2D eigenvalue weighted by Crippen LogP contribution is -2.22. The van der Waals surface area contributed by atoms with Gasteiger partial charge in [0, 0.05) is 23.7 Å². The van der Waals surface area contributed by atoms with Crippen molar-refractivity contribution in [3.05, 3.63) is 108 Å². The lowest BCUT2D eigenvalue weighted by Gasteiger charge is -2.23.